The zero-order valence-corrected chi connectivity index (χ0v) is 8.64. The fourth-order valence-electron chi connectivity index (χ4n) is 0.999. The van der Waals surface area contributed by atoms with Gasteiger partial charge in [-0.05, 0) is 12.3 Å². The van der Waals surface area contributed by atoms with E-state index in [2.05, 4.69) is 13.8 Å². The van der Waals surface area contributed by atoms with Crippen molar-refractivity contribution in [2.24, 2.45) is 11.7 Å². The van der Waals surface area contributed by atoms with Gasteiger partial charge in [-0.1, -0.05) is 33.1 Å². The second-order valence-corrected chi connectivity index (χ2v) is 4.65. The first kappa shape index (κ1) is 12.1. The van der Waals surface area contributed by atoms with Gasteiger partial charge in [0.25, 0.3) is 0 Å². The molecule has 12 heavy (non-hydrogen) atoms. The average molecular weight is 193 g/mol. The minimum atomic E-state index is -1.85. The van der Waals surface area contributed by atoms with E-state index in [1.807, 2.05) is 0 Å². The van der Waals surface area contributed by atoms with Crippen molar-refractivity contribution in [3.63, 3.8) is 0 Å². The molecule has 0 bridgehead atoms. The first-order chi connectivity index (χ1) is 5.54. The second kappa shape index (κ2) is 6.57. The van der Waals surface area contributed by atoms with Crippen LogP contribution in [0.2, 0.25) is 0 Å². The van der Waals surface area contributed by atoms with Crippen LogP contribution < -0.4 is 5.73 Å². The van der Waals surface area contributed by atoms with E-state index < -0.39 is 16.5 Å². The summed E-state index contributed by atoms with van der Waals surface area (Å²) in [5, 5.41) is -0.558. The first-order valence-corrected chi connectivity index (χ1v) is 5.56. The lowest BCUT2D eigenvalue weighted by Gasteiger charge is -2.07. The number of hydrogen-bond acceptors (Lipinski definition) is 2. The molecule has 2 unspecified atom stereocenters. The Bertz CT molecular complexity index is 139. The topological polar surface area (TPSA) is 63.3 Å². The van der Waals surface area contributed by atoms with Crippen molar-refractivity contribution in [1.82, 2.24) is 0 Å². The fraction of sp³-hybridized carbons (Fsp3) is 1.00. The summed E-state index contributed by atoms with van der Waals surface area (Å²) in [7, 11) is 0. The quantitative estimate of drug-likeness (QED) is 0.498. The van der Waals surface area contributed by atoms with Crippen LogP contribution in [0.15, 0.2) is 0 Å². The molecule has 0 aliphatic carbocycles. The molecule has 0 aromatic carbocycles. The summed E-state index contributed by atoms with van der Waals surface area (Å²) < 4.78 is 19.0. The summed E-state index contributed by atoms with van der Waals surface area (Å²) in [6.45, 7) is 4.34. The Kier molecular flexibility index (Phi) is 6.61. The Morgan fingerprint density at radius 3 is 2.25 bits per heavy atom. The monoisotopic (exact) mass is 193 g/mol. The maximum atomic E-state index is 10.4. The molecule has 0 aliphatic heterocycles. The molecule has 74 valence electrons. The molecule has 3 N–H and O–H groups in total. The van der Waals surface area contributed by atoms with Crippen LogP contribution in [0.25, 0.3) is 0 Å². The van der Waals surface area contributed by atoms with Crippen molar-refractivity contribution in [3.8, 4) is 0 Å². The molecule has 0 spiro atoms. The molecule has 0 amide bonds. The lowest BCUT2D eigenvalue weighted by molar-refractivity contribution is 0.506. The van der Waals surface area contributed by atoms with Crippen molar-refractivity contribution in [1.29, 1.82) is 0 Å². The SMILES string of the molecule is CC(C)CCCCC(N)S(=O)O. The Morgan fingerprint density at radius 1 is 1.33 bits per heavy atom. The van der Waals surface area contributed by atoms with E-state index in [0.29, 0.717) is 12.3 Å². The third kappa shape index (κ3) is 6.76. The maximum absolute atomic E-state index is 10.4. The maximum Gasteiger partial charge on any atom is 0.170 e. The van der Waals surface area contributed by atoms with Gasteiger partial charge in [0.05, 0.1) is 0 Å². The third-order valence-electron chi connectivity index (χ3n) is 1.78. The number of hydrogen-bond donors (Lipinski definition) is 2. The smallest absolute Gasteiger partial charge is 0.170 e. The van der Waals surface area contributed by atoms with Gasteiger partial charge in [-0.25, -0.2) is 4.21 Å². The summed E-state index contributed by atoms with van der Waals surface area (Å²) in [6, 6.07) is 0. The highest BCUT2D eigenvalue weighted by molar-refractivity contribution is 7.79. The van der Waals surface area contributed by atoms with Crippen LogP contribution in [0.3, 0.4) is 0 Å². The molecule has 0 saturated heterocycles. The van der Waals surface area contributed by atoms with Crippen LogP contribution >= 0.6 is 0 Å². The summed E-state index contributed by atoms with van der Waals surface area (Å²) in [5.41, 5.74) is 5.38. The normalized spacial score (nSPS) is 16.4. The predicted molar refractivity (Wildman–Crippen MR) is 52.1 cm³/mol. The predicted octanol–water partition coefficient (Wildman–Crippen LogP) is 1.71. The molecule has 0 aromatic heterocycles. The molecule has 3 nitrogen and oxygen atoms in total. The van der Waals surface area contributed by atoms with Crippen LogP contribution in [0, 0.1) is 5.92 Å². The summed E-state index contributed by atoms with van der Waals surface area (Å²) >= 11 is -1.85. The van der Waals surface area contributed by atoms with Gasteiger partial charge in [-0.3, -0.25) is 0 Å². The van der Waals surface area contributed by atoms with Crippen LogP contribution in [-0.2, 0) is 11.1 Å². The van der Waals surface area contributed by atoms with E-state index in [-0.39, 0.29) is 0 Å². The molecular weight excluding hydrogens is 174 g/mol. The Balaban J connectivity index is 3.25. The molecule has 0 saturated carbocycles. The second-order valence-electron chi connectivity index (χ2n) is 3.49. The zero-order chi connectivity index (χ0) is 9.56. The first-order valence-electron chi connectivity index (χ1n) is 4.39. The van der Waals surface area contributed by atoms with Gasteiger partial charge >= 0.3 is 0 Å². The van der Waals surface area contributed by atoms with Gasteiger partial charge in [0.1, 0.15) is 5.37 Å². The van der Waals surface area contributed by atoms with Crippen LogP contribution in [0.1, 0.15) is 39.5 Å². The molecule has 0 aliphatic rings. The van der Waals surface area contributed by atoms with Crippen LogP contribution in [0.5, 0.6) is 0 Å². The largest absolute Gasteiger partial charge is 0.315 e. The van der Waals surface area contributed by atoms with E-state index in [9.17, 15) is 4.21 Å². The van der Waals surface area contributed by atoms with Crippen molar-refractivity contribution < 1.29 is 8.76 Å². The number of nitrogens with two attached hydrogens (primary N) is 1. The summed E-state index contributed by atoms with van der Waals surface area (Å²) in [4.78, 5) is 0. The average Bonchev–Trinajstić information content (AvgIpc) is 1.97. The van der Waals surface area contributed by atoms with Gasteiger partial charge in [-0.15, -0.1) is 0 Å². The van der Waals surface area contributed by atoms with Crippen LogP contribution in [-0.4, -0.2) is 14.1 Å². The lowest BCUT2D eigenvalue weighted by Crippen LogP contribution is -2.24. The van der Waals surface area contributed by atoms with Gasteiger partial charge in [0.15, 0.2) is 11.1 Å². The van der Waals surface area contributed by atoms with Gasteiger partial charge in [-0.2, -0.15) is 0 Å². The van der Waals surface area contributed by atoms with E-state index in [0.717, 1.165) is 12.8 Å². The molecule has 0 heterocycles. The molecule has 4 heteroatoms. The summed E-state index contributed by atoms with van der Waals surface area (Å²) in [5.74, 6) is 0.709. The van der Waals surface area contributed by atoms with Crippen molar-refractivity contribution in [2.75, 3.05) is 0 Å². The van der Waals surface area contributed by atoms with E-state index in [4.69, 9.17) is 10.3 Å². The molecule has 0 radical (unpaired) electrons. The highest BCUT2D eigenvalue weighted by Crippen LogP contribution is 2.09. The van der Waals surface area contributed by atoms with Gasteiger partial charge in [0, 0.05) is 0 Å². The molecule has 0 aromatic rings. The van der Waals surface area contributed by atoms with Gasteiger partial charge < -0.3 is 10.3 Å². The molecular formula is C8H19NO2S. The summed E-state index contributed by atoms with van der Waals surface area (Å²) in [6.07, 6.45) is 3.87. The number of rotatable bonds is 6. The third-order valence-corrected chi connectivity index (χ3v) is 2.53. The standard InChI is InChI=1S/C8H19NO2S/c1-7(2)5-3-4-6-8(9)12(10)11/h7-8H,3-6,9H2,1-2H3,(H,10,11). The minimum Gasteiger partial charge on any atom is -0.315 e. The Morgan fingerprint density at radius 2 is 1.83 bits per heavy atom. The van der Waals surface area contributed by atoms with E-state index in [1.54, 1.807) is 0 Å². The molecule has 2 atom stereocenters. The molecule has 0 rings (SSSR count). The van der Waals surface area contributed by atoms with Gasteiger partial charge in [0.2, 0.25) is 0 Å². The van der Waals surface area contributed by atoms with Crippen molar-refractivity contribution >= 4 is 11.1 Å². The van der Waals surface area contributed by atoms with E-state index >= 15 is 0 Å². The van der Waals surface area contributed by atoms with Crippen molar-refractivity contribution in [3.05, 3.63) is 0 Å². The fourth-order valence-corrected chi connectivity index (χ4v) is 1.37. The zero-order valence-electron chi connectivity index (χ0n) is 7.82. The lowest BCUT2D eigenvalue weighted by atomic mass is 10.1. The number of unbranched alkanes of at least 4 members (excludes halogenated alkanes) is 1. The van der Waals surface area contributed by atoms with E-state index in [1.165, 1.54) is 6.42 Å². The van der Waals surface area contributed by atoms with Crippen LogP contribution in [0.4, 0.5) is 0 Å². The Labute approximate surface area is 77.0 Å². The molecule has 0 fully saturated rings. The van der Waals surface area contributed by atoms with Crippen molar-refractivity contribution in [2.45, 2.75) is 44.9 Å². The highest BCUT2D eigenvalue weighted by atomic mass is 32.2. The highest BCUT2D eigenvalue weighted by Gasteiger charge is 2.07. The minimum absolute atomic E-state index is 0.558. The Hall–Kier alpha value is 0.0700.